The van der Waals surface area contributed by atoms with Crippen LogP contribution in [0.15, 0.2) is 0 Å². The van der Waals surface area contributed by atoms with E-state index in [1.165, 1.54) is 0 Å². The van der Waals surface area contributed by atoms with Crippen LogP contribution in [0, 0.1) is 0 Å². The van der Waals surface area contributed by atoms with E-state index in [1.54, 1.807) is 9.80 Å². The van der Waals surface area contributed by atoms with E-state index in [1.807, 2.05) is 6.92 Å². The van der Waals surface area contributed by atoms with Crippen molar-refractivity contribution in [1.82, 2.24) is 9.80 Å². The van der Waals surface area contributed by atoms with E-state index in [-0.39, 0.29) is 25.1 Å². The Balaban J connectivity index is 2.63. The van der Waals surface area contributed by atoms with Crippen LogP contribution in [0.2, 0.25) is 0 Å². The summed E-state index contributed by atoms with van der Waals surface area (Å²) in [6.45, 7) is 3.40. The Morgan fingerprint density at radius 2 is 2.11 bits per heavy atom. The molecule has 0 saturated carbocycles. The van der Waals surface area contributed by atoms with Crippen LogP contribution in [0.4, 0.5) is 4.79 Å². The zero-order chi connectivity index (χ0) is 14.3. The Kier molecular flexibility index (Phi) is 6.62. The summed E-state index contributed by atoms with van der Waals surface area (Å²) in [6, 6.07) is -0.0586. The summed E-state index contributed by atoms with van der Waals surface area (Å²) < 4.78 is 0. The average molecular weight is 272 g/mol. The number of carboxylic acids is 1. The molecule has 6 nitrogen and oxygen atoms in total. The van der Waals surface area contributed by atoms with E-state index in [0.717, 1.165) is 19.3 Å². The van der Waals surface area contributed by atoms with Crippen LogP contribution in [-0.2, 0) is 4.79 Å². The summed E-state index contributed by atoms with van der Waals surface area (Å²) in [4.78, 5) is 26.4. The molecule has 2 N–H and O–H groups in total. The average Bonchev–Trinajstić information content (AvgIpc) is 2.42. The van der Waals surface area contributed by atoms with Gasteiger partial charge in [-0.3, -0.25) is 4.79 Å². The van der Waals surface area contributed by atoms with Crippen molar-refractivity contribution in [2.45, 2.75) is 45.1 Å². The van der Waals surface area contributed by atoms with Crippen molar-refractivity contribution in [3.05, 3.63) is 0 Å². The molecule has 1 unspecified atom stereocenters. The molecule has 1 fully saturated rings. The monoisotopic (exact) mass is 272 g/mol. The molecule has 0 aromatic heterocycles. The molecule has 1 heterocycles. The second-order valence-electron chi connectivity index (χ2n) is 4.86. The quantitative estimate of drug-likeness (QED) is 0.759. The van der Waals surface area contributed by atoms with Crippen LogP contribution >= 0.6 is 0 Å². The second kappa shape index (κ2) is 7.99. The number of amides is 2. The van der Waals surface area contributed by atoms with Gasteiger partial charge in [-0.05, 0) is 32.6 Å². The minimum Gasteiger partial charge on any atom is -0.481 e. The molecule has 1 aliphatic rings. The van der Waals surface area contributed by atoms with Crippen LogP contribution in [-0.4, -0.2) is 64.3 Å². The number of nitrogens with zero attached hydrogens (tertiary/aromatic N) is 2. The number of carboxylic acid groups (broad SMARTS) is 1. The molecule has 1 rings (SSSR count). The SMILES string of the molecule is CCN(CCO)C(=O)N1CCCCC1CCC(=O)O. The van der Waals surface area contributed by atoms with Gasteiger partial charge in [0.05, 0.1) is 6.61 Å². The van der Waals surface area contributed by atoms with Crippen molar-refractivity contribution in [2.75, 3.05) is 26.2 Å². The summed E-state index contributed by atoms with van der Waals surface area (Å²) in [7, 11) is 0. The first kappa shape index (κ1) is 15.8. The predicted molar refractivity (Wildman–Crippen MR) is 70.9 cm³/mol. The molecule has 6 heteroatoms. The van der Waals surface area contributed by atoms with Gasteiger partial charge in [0.25, 0.3) is 0 Å². The van der Waals surface area contributed by atoms with Crippen molar-refractivity contribution in [3.8, 4) is 0 Å². The fraction of sp³-hybridized carbons (Fsp3) is 0.846. The fourth-order valence-corrected chi connectivity index (χ4v) is 2.53. The van der Waals surface area contributed by atoms with Gasteiger partial charge in [-0.2, -0.15) is 0 Å². The van der Waals surface area contributed by atoms with Crippen LogP contribution < -0.4 is 0 Å². The number of likely N-dealkylation sites (N-methyl/N-ethyl adjacent to an activating group) is 1. The van der Waals surface area contributed by atoms with Crippen LogP contribution in [0.3, 0.4) is 0 Å². The van der Waals surface area contributed by atoms with Crippen molar-refractivity contribution in [1.29, 1.82) is 0 Å². The smallest absolute Gasteiger partial charge is 0.320 e. The summed E-state index contributed by atoms with van der Waals surface area (Å²) in [5.74, 6) is -0.819. The summed E-state index contributed by atoms with van der Waals surface area (Å²) in [5.41, 5.74) is 0. The summed E-state index contributed by atoms with van der Waals surface area (Å²) in [6.07, 6.45) is 3.49. The molecule has 110 valence electrons. The molecule has 0 radical (unpaired) electrons. The minimum absolute atomic E-state index is 0.0186. The number of hydrogen-bond donors (Lipinski definition) is 2. The standard InChI is InChI=1S/C13H24N2O4/c1-2-14(9-10-16)13(19)15-8-4-3-5-11(15)6-7-12(17)18/h11,16H,2-10H2,1H3,(H,17,18). The number of rotatable bonds is 6. The fourth-order valence-electron chi connectivity index (χ4n) is 2.53. The lowest BCUT2D eigenvalue weighted by molar-refractivity contribution is -0.137. The number of hydrogen-bond acceptors (Lipinski definition) is 3. The van der Waals surface area contributed by atoms with Gasteiger partial charge in [0.2, 0.25) is 0 Å². The van der Waals surface area contributed by atoms with E-state index in [2.05, 4.69) is 0 Å². The van der Waals surface area contributed by atoms with Crippen LogP contribution in [0.5, 0.6) is 0 Å². The lowest BCUT2D eigenvalue weighted by atomic mass is 9.98. The van der Waals surface area contributed by atoms with Crippen molar-refractivity contribution < 1.29 is 19.8 Å². The lowest BCUT2D eigenvalue weighted by Crippen LogP contribution is -2.51. The maximum Gasteiger partial charge on any atom is 0.320 e. The molecular weight excluding hydrogens is 248 g/mol. The maximum atomic E-state index is 12.4. The highest BCUT2D eigenvalue weighted by Crippen LogP contribution is 2.22. The van der Waals surface area contributed by atoms with E-state index >= 15 is 0 Å². The van der Waals surface area contributed by atoms with Gasteiger partial charge in [0.15, 0.2) is 0 Å². The molecule has 1 atom stereocenters. The third-order valence-corrected chi connectivity index (χ3v) is 3.59. The molecule has 19 heavy (non-hydrogen) atoms. The van der Waals surface area contributed by atoms with E-state index in [0.29, 0.717) is 26.1 Å². The van der Waals surface area contributed by atoms with E-state index in [9.17, 15) is 9.59 Å². The molecule has 0 aromatic carbocycles. The second-order valence-corrected chi connectivity index (χ2v) is 4.86. The Hall–Kier alpha value is -1.30. The number of aliphatic hydroxyl groups excluding tert-OH is 1. The van der Waals surface area contributed by atoms with Crippen molar-refractivity contribution in [2.24, 2.45) is 0 Å². The number of aliphatic hydroxyl groups is 1. The van der Waals surface area contributed by atoms with E-state index < -0.39 is 5.97 Å². The Labute approximate surface area is 114 Å². The summed E-state index contributed by atoms with van der Waals surface area (Å²) >= 11 is 0. The molecule has 1 saturated heterocycles. The zero-order valence-corrected chi connectivity index (χ0v) is 11.5. The molecule has 1 aliphatic heterocycles. The molecule has 0 aromatic rings. The van der Waals surface area contributed by atoms with Crippen molar-refractivity contribution >= 4 is 12.0 Å². The molecule has 0 aliphatic carbocycles. The third kappa shape index (κ3) is 4.70. The predicted octanol–water partition coefficient (Wildman–Crippen LogP) is 1.14. The Bertz CT molecular complexity index is 309. The first-order valence-corrected chi connectivity index (χ1v) is 6.98. The van der Waals surface area contributed by atoms with Crippen LogP contribution in [0.25, 0.3) is 0 Å². The van der Waals surface area contributed by atoms with Gasteiger partial charge in [-0.25, -0.2) is 4.79 Å². The Morgan fingerprint density at radius 3 is 2.68 bits per heavy atom. The number of carbonyl (C=O) groups excluding carboxylic acids is 1. The van der Waals surface area contributed by atoms with Crippen LogP contribution in [0.1, 0.15) is 39.0 Å². The van der Waals surface area contributed by atoms with Crippen molar-refractivity contribution in [3.63, 3.8) is 0 Å². The number of likely N-dealkylation sites (tertiary alicyclic amines) is 1. The van der Waals surface area contributed by atoms with Gasteiger partial charge in [0, 0.05) is 32.1 Å². The lowest BCUT2D eigenvalue weighted by Gasteiger charge is -2.38. The number of urea groups is 1. The van der Waals surface area contributed by atoms with Gasteiger partial charge in [-0.15, -0.1) is 0 Å². The normalized spacial score (nSPS) is 19.3. The topological polar surface area (TPSA) is 81.1 Å². The van der Waals surface area contributed by atoms with Gasteiger partial charge >= 0.3 is 12.0 Å². The number of piperidine rings is 1. The van der Waals surface area contributed by atoms with Gasteiger partial charge < -0.3 is 20.0 Å². The van der Waals surface area contributed by atoms with Gasteiger partial charge in [-0.1, -0.05) is 0 Å². The molecule has 0 spiro atoms. The molecule has 2 amide bonds. The third-order valence-electron chi connectivity index (χ3n) is 3.59. The number of carbonyl (C=O) groups is 2. The first-order valence-electron chi connectivity index (χ1n) is 6.98. The highest BCUT2D eigenvalue weighted by molar-refractivity contribution is 5.75. The van der Waals surface area contributed by atoms with Gasteiger partial charge in [0.1, 0.15) is 0 Å². The molecule has 0 bridgehead atoms. The van der Waals surface area contributed by atoms with E-state index in [4.69, 9.17) is 10.2 Å². The zero-order valence-electron chi connectivity index (χ0n) is 11.5. The number of aliphatic carboxylic acids is 1. The minimum atomic E-state index is -0.819. The maximum absolute atomic E-state index is 12.4. The highest BCUT2D eigenvalue weighted by Gasteiger charge is 2.29. The summed E-state index contributed by atoms with van der Waals surface area (Å²) in [5, 5.41) is 17.7. The first-order chi connectivity index (χ1) is 9.10. The highest BCUT2D eigenvalue weighted by atomic mass is 16.4. The Morgan fingerprint density at radius 1 is 1.37 bits per heavy atom. The largest absolute Gasteiger partial charge is 0.481 e. The molecular formula is C13H24N2O4.